The third-order valence-electron chi connectivity index (χ3n) is 4.62. The highest BCUT2D eigenvalue weighted by Gasteiger charge is 2.43. The Morgan fingerprint density at radius 1 is 1.15 bits per heavy atom. The first kappa shape index (κ1) is 18.5. The number of rotatable bonds is 7. The molecule has 1 aliphatic rings. The second kappa shape index (κ2) is 7.53. The summed E-state index contributed by atoms with van der Waals surface area (Å²) in [5.41, 5.74) is 1.06. The van der Waals surface area contributed by atoms with Gasteiger partial charge in [-0.2, -0.15) is 8.42 Å². The number of nitrogens with zero attached hydrogens (tertiary/aromatic N) is 1. The Hall–Kier alpha value is -2.29. The Bertz CT molecular complexity index is 878. The SMILES string of the molecule is O=[N+]([O-])c1cccc(C(C2CC(OCc3ccccc3)C2)S(=O)(=O)O)c1. The van der Waals surface area contributed by atoms with Gasteiger partial charge >= 0.3 is 0 Å². The van der Waals surface area contributed by atoms with Crippen molar-refractivity contribution in [2.45, 2.75) is 30.8 Å². The van der Waals surface area contributed by atoms with E-state index in [0.29, 0.717) is 19.4 Å². The molecular weight excluding hydrogens is 358 g/mol. The third-order valence-corrected chi connectivity index (χ3v) is 5.92. The topological polar surface area (TPSA) is 107 Å². The van der Waals surface area contributed by atoms with E-state index in [4.69, 9.17) is 4.74 Å². The number of ether oxygens (including phenoxy) is 1. The van der Waals surface area contributed by atoms with Crippen LogP contribution >= 0.6 is 0 Å². The van der Waals surface area contributed by atoms with Crippen molar-refractivity contribution in [3.05, 3.63) is 75.8 Å². The number of hydrogen-bond donors (Lipinski definition) is 1. The minimum atomic E-state index is -4.39. The van der Waals surface area contributed by atoms with E-state index in [1.165, 1.54) is 24.3 Å². The van der Waals surface area contributed by atoms with Crippen LogP contribution in [0.3, 0.4) is 0 Å². The molecule has 1 unspecified atom stereocenters. The number of non-ortho nitro benzene ring substituents is 1. The first-order chi connectivity index (χ1) is 12.3. The molecule has 0 radical (unpaired) electrons. The number of hydrogen-bond acceptors (Lipinski definition) is 5. The summed E-state index contributed by atoms with van der Waals surface area (Å²) in [6, 6.07) is 15.0. The molecule has 7 nitrogen and oxygen atoms in total. The Balaban J connectivity index is 1.67. The van der Waals surface area contributed by atoms with Crippen LogP contribution in [-0.2, 0) is 21.5 Å². The van der Waals surface area contributed by atoms with Crippen LogP contribution in [0, 0.1) is 16.0 Å². The lowest BCUT2D eigenvalue weighted by molar-refractivity contribution is -0.384. The molecule has 26 heavy (non-hydrogen) atoms. The van der Waals surface area contributed by atoms with Crippen LogP contribution in [-0.4, -0.2) is 24.0 Å². The van der Waals surface area contributed by atoms with Gasteiger partial charge in [0, 0.05) is 12.1 Å². The molecule has 0 spiro atoms. The first-order valence-corrected chi connectivity index (χ1v) is 9.71. The van der Waals surface area contributed by atoms with E-state index < -0.39 is 20.3 Å². The molecule has 0 heterocycles. The molecule has 138 valence electrons. The van der Waals surface area contributed by atoms with Gasteiger partial charge in [-0.1, -0.05) is 42.5 Å². The van der Waals surface area contributed by atoms with E-state index in [-0.39, 0.29) is 23.3 Å². The standard InChI is InChI=1S/C18H19NO6S/c20-19(21)16-8-4-7-14(9-16)18(26(22,23)24)15-10-17(11-15)25-12-13-5-2-1-3-6-13/h1-9,15,17-18H,10-12H2,(H,22,23,24). The van der Waals surface area contributed by atoms with Crippen LogP contribution in [0.25, 0.3) is 0 Å². The number of nitro groups is 1. The lowest BCUT2D eigenvalue weighted by Crippen LogP contribution is -2.37. The summed E-state index contributed by atoms with van der Waals surface area (Å²) in [4.78, 5) is 10.3. The second-order valence-electron chi connectivity index (χ2n) is 6.44. The first-order valence-electron chi connectivity index (χ1n) is 8.21. The summed E-state index contributed by atoms with van der Waals surface area (Å²) in [6.07, 6.45) is 0.850. The van der Waals surface area contributed by atoms with Crippen LogP contribution in [0.2, 0.25) is 0 Å². The van der Waals surface area contributed by atoms with E-state index in [1.807, 2.05) is 30.3 Å². The fourth-order valence-electron chi connectivity index (χ4n) is 3.28. The van der Waals surface area contributed by atoms with Crippen molar-refractivity contribution in [2.24, 2.45) is 5.92 Å². The normalized spacial score (nSPS) is 21.0. The zero-order valence-corrected chi connectivity index (χ0v) is 14.7. The fraction of sp³-hybridized carbons (Fsp3) is 0.333. The van der Waals surface area contributed by atoms with Crippen molar-refractivity contribution >= 4 is 15.8 Å². The molecule has 1 aliphatic carbocycles. The van der Waals surface area contributed by atoms with E-state index in [0.717, 1.165) is 5.56 Å². The molecule has 1 N–H and O–H groups in total. The maximum Gasteiger partial charge on any atom is 0.272 e. The zero-order chi connectivity index (χ0) is 18.7. The minimum absolute atomic E-state index is 0.0943. The highest BCUT2D eigenvalue weighted by atomic mass is 32.2. The molecule has 1 atom stereocenters. The van der Waals surface area contributed by atoms with Crippen molar-refractivity contribution in [3.63, 3.8) is 0 Å². The summed E-state index contributed by atoms with van der Waals surface area (Å²) in [5, 5.41) is 9.74. The molecular formula is C18H19NO6S. The summed E-state index contributed by atoms with van der Waals surface area (Å²) < 4.78 is 39.2. The molecule has 2 aromatic rings. The molecule has 2 aromatic carbocycles. The predicted molar refractivity (Wildman–Crippen MR) is 95.1 cm³/mol. The monoisotopic (exact) mass is 377 g/mol. The van der Waals surface area contributed by atoms with Gasteiger partial charge in [0.2, 0.25) is 0 Å². The van der Waals surface area contributed by atoms with Crippen LogP contribution < -0.4 is 0 Å². The van der Waals surface area contributed by atoms with E-state index in [9.17, 15) is 23.1 Å². The van der Waals surface area contributed by atoms with Crippen molar-refractivity contribution in [1.29, 1.82) is 0 Å². The summed E-state index contributed by atoms with van der Waals surface area (Å²) in [6.45, 7) is 0.436. The fourth-order valence-corrected chi connectivity index (χ4v) is 4.48. The minimum Gasteiger partial charge on any atom is -0.374 e. The van der Waals surface area contributed by atoms with Gasteiger partial charge in [-0.05, 0) is 29.9 Å². The van der Waals surface area contributed by atoms with Gasteiger partial charge in [-0.15, -0.1) is 0 Å². The van der Waals surface area contributed by atoms with E-state index in [2.05, 4.69) is 0 Å². The van der Waals surface area contributed by atoms with Crippen LogP contribution in [0.4, 0.5) is 5.69 Å². The van der Waals surface area contributed by atoms with Gasteiger partial charge in [0.05, 0.1) is 17.6 Å². The summed E-state index contributed by atoms with van der Waals surface area (Å²) >= 11 is 0. The Morgan fingerprint density at radius 3 is 2.46 bits per heavy atom. The third kappa shape index (κ3) is 4.27. The second-order valence-corrected chi connectivity index (χ2v) is 7.98. The highest BCUT2D eigenvalue weighted by Crippen LogP contribution is 2.44. The van der Waals surface area contributed by atoms with Crippen LogP contribution in [0.1, 0.15) is 29.2 Å². The van der Waals surface area contributed by atoms with Gasteiger partial charge in [0.15, 0.2) is 0 Å². The van der Waals surface area contributed by atoms with Crippen molar-refractivity contribution < 1.29 is 22.6 Å². The molecule has 8 heteroatoms. The molecule has 1 fully saturated rings. The predicted octanol–water partition coefficient (Wildman–Crippen LogP) is 3.52. The molecule has 3 rings (SSSR count). The molecule has 0 aromatic heterocycles. The average molecular weight is 377 g/mol. The zero-order valence-electron chi connectivity index (χ0n) is 13.9. The Kier molecular flexibility index (Phi) is 5.36. The number of benzene rings is 2. The Labute approximate surface area is 151 Å². The van der Waals surface area contributed by atoms with Crippen molar-refractivity contribution in [3.8, 4) is 0 Å². The van der Waals surface area contributed by atoms with Crippen molar-refractivity contribution in [2.75, 3.05) is 0 Å². The van der Waals surface area contributed by atoms with E-state index >= 15 is 0 Å². The van der Waals surface area contributed by atoms with Gasteiger partial charge in [-0.3, -0.25) is 14.7 Å². The van der Waals surface area contributed by atoms with Gasteiger partial charge in [0.25, 0.3) is 15.8 Å². The molecule has 1 saturated carbocycles. The van der Waals surface area contributed by atoms with Crippen molar-refractivity contribution in [1.82, 2.24) is 0 Å². The van der Waals surface area contributed by atoms with Gasteiger partial charge < -0.3 is 4.74 Å². The maximum atomic E-state index is 11.9. The smallest absolute Gasteiger partial charge is 0.272 e. The largest absolute Gasteiger partial charge is 0.374 e. The van der Waals surface area contributed by atoms with Gasteiger partial charge in [0.1, 0.15) is 5.25 Å². The van der Waals surface area contributed by atoms with Crippen LogP contribution in [0.5, 0.6) is 0 Å². The number of nitro benzene ring substituents is 1. The van der Waals surface area contributed by atoms with Gasteiger partial charge in [-0.25, -0.2) is 0 Å². The lowest BCUT2D eigenvalue weighted by Gasteiger charge is -2.39. The summed E-state index contributed by atoms with van der Waals surface area (Å²) in [5.74, 6) is -0.340. The maximum absolute atomic E-state index is 11.9. The summed E-state index contributed by atoms with van der Waals surface area (Å²) in [7, 11) is -4.39. The van der Waals surface area contributed by atoms with E-state index in [1.54, 1.807) is 0 Å². The molecule has 0 aliphatic heterocycles. The van der Waals surface area contributed by atoms with Crippen LogP contribution in [0.15, 0.2) is 54.6 Å². The quantitative estimate of drug-likeness (QED) is 0.449. The Morgan fingerprint density at radius 2 is 1.85 bits per heavy atom. The highest BCUT2D eigenvalue weighted by molar-refractivity contribution is 7.86. The lowest BCUT2D eigenvalue weighted by atomic mass is 9.78. The molecule has 0 saturated heterocycles. The average Bonchev–Trinajstić information content (AvgIpc) is 2.56. The molecule has 0 amide bonds. The molecule has 0 bridgehead atoms.